The average Bonchev–Trinajstić information content (AvgIpc) is 3.22. The minimum Gasteiger partial charge on any atom is -0.476 e. The number of amides is 1. The van der Waals surface area contributed by atoms with Crippen molar-refractivity contribution < 1.29 is 13.9 Å². The Morgan fingerprint density at radius 3 is 2.60 bits per heavy atom. The first kappa shape index (κ1) is 23.7. The van der Waals surface area contributed by atoms with Crippen LogP contribution in [0.25, 0.3) is 11.0 Å². The predicted molar refractivity (Wildman–Crippen MR) is 134 cm³/mol. The van der Waals surface area contributed by atoms with Crippen LogP contribution in [-0.4, -0.2) is 51.6 Å². The molecular weight excluding hydrogens is 445 g/mol. The van der Waals surface area contributed by atoms with Gasteiger partial charge in [-0.05, 0) is 81.8 Å². The minimum atomic E-state index is -0.371. The predicted octanol–water partition coefficient (Wildman–Crippen LogP) is 5.44. The molecule has 2 aliphatic rings. The van der Waals surface area contributed by atoms with Crippen molar-refractivity contribution in [3.8, 4) is 5.88 Å². The van der Waals surface area contributed by atoms with E-state index in [9.17, 15) is 9.18 Å². The van der Waals surface area contributed by atoms with Crippen molar-refractivity contribution in [1.29, 1.82) is 0 Å². The smallest absolute Gasteiger partial charge is 0.257 e. The van der Waals surface area contributed by atoms with E-state index in [1.54, 1.807) is 6.20 Å². The van der Waals surface area contributed by atoms with Crippen LogP contribution < -0.4 is 10.1 Å². The van der Waals surface area contributed by atoms with Crippen LogP contribution in [0.5, 0.6) is 5.88 Å². The van der Waals surface area contributed by atoms with Gasteiger partial charge in [-0.1, -0.05) is 13.3 Å². The molecule has 2 fully saturated rings. The molecule has 3 heterocycles. The Hall–Kier alpha value is -3.00. The molecule has 1 N–H and O–H groups in total. The van der Waals surface area contributed by atoms with E-state index in [1.165, 1.54) is 43.5 Å². The lowest BCUT2D eigenvalue weighted by Crippen LogP contribution is -2.33. The molecule has 0 unspecified atom stereocenters. The molecular formula is C27H34FN5O2. The highest BCUT2D eigenvalue weighted by atomic mass is 19.1. The van der Waals surface area contributed by atoms with Gasteiger partial charge in [0.2, 0.25) is 11.8 Å². The Labute approximate surface area is 205 Å². The van der Waals surface area contributed by atoms with Crippen LogP contribution in [-0.2, 0) is 0 Å². The number of benzene rings is 1. The van der Waals surface area contributed by atoms with E-state index in [1.807, 2.05) is 6.07 Å². The summed E-state index contributed by atoms with van der Waals surface area (Å²) in [5, 5.41) is 2.97. The Balaban J connectivity index is 1.38. The Morgan fingerprint density at radius 1 is 1.11 bits per heavy atom. The van der Waals surface area contributed by atoms with E-state index in [0.29, 0.717) is 29.9 Å². The lowest BCUT2D eigenvalue weighted by Gasteiger charge is -2.29. The third-order valence-corrected chi connectivity index (χ3v) is 7.34. The largest absolute Gasteiger partial charge is 0.476 e. The lowest BCUT2D eigenvalue weighted by atomic mass is 9.87. The molecule has 0 radical (unpaired) electrons. The molecule has 1 aliphatic heterocycles. The van der Waals surface area contributed by atoms with Gasteiger partial charge in [0.05, 0.1) is 11.7 Å². The summed E-state index contributed by atoms with van der Waals surface area (Å²) in [5.74, 6) is 1.10. The minimum absolute atomic E-state index is 0.239. The fourth-order valence-corrected chi connectivity index (χ4v) is 5.25. The number of carbonyl (C=O) groups excluding carboxylic acids is 1. The van der Waals surface area contributed by atoms with Crippen LogP contribution in [0, 0.1) is 11.7 Å². The van der Waals surface area contributed by atoms with Crippen molar-refractivity contribution >= 4 is 22.9 Å². The molecule has 0 bridgehead atoms. The van der Waals surface area contributed by atoms with Crippen molar-refractivity contribution in [3.05, 3.63) is 47.9 Å². The molecule has 2 aromatic heterocycles. The molecule has 1 aromatic carbocycles. The number of nitrogens with zero attached hydrogens (tertiary/aromatic N) is 4. The second-order valence-electron chi connectivity index (χ2n) is 9.94. The molecule has 3 aromatic rings. The summed E-state index contributed by atoms with van der Waals surface area (Å²) in [6, 6.07) is 7.73. The first-order valence-corrected chi connectivity index (χ1v) is 12.9. The SMILES string of the molecule is CC1CCC(n2c(NC(=O)c3ccc(F)cc3)nc3cnc(OCCN4CCCCC4)cc32)CC1. The zero-order valence-corrected chi connectivity index (χ0v) is 20.4. The van der Waals surface area contributed by atoms with Crippen LogP contribution in [0.3, 0.4) is 0 Å². The van der Waals surface area contributed by atoms with E-state index < -0.39 is 0 Å². The average molecular weight is 480 g/mol. The van der Waals surface area contributed by atoms with Gasteiger partial charge in [-0.15, -0.1) is 0 Å². The monoisotopic (exact) mass is 479 g/mol. The number of rotatable bonds is 7. The summed E-state index contributed by atoms with van der Waals surface area (Å²) in [4.78, 5) is 24.6. The summed E-state index contributed by atoms with van der Waals surface area (Å²) in [5.41, 5.74) is 2.03. The molecule has 1 aliphatic carbocycles. The maximum absolute atomic E-state index is 13.3. The summed E-state index contributed by atoms with van der Waals surface area (Å²) in [6.07, 6.45) is 9.89. The fourth-order valence-electron chi connectivity index (χ4n) is 5.25. The Kier molecular flexibility index (Phi) is 7.27. The summed E-state index contributed by atoms with van der Waals surface area (Å²) in [6.45, 7) is 6.07. The van der Waals surface area contributed by atoms with E-state index in [2.05, 4.69) is 26.7 Å². The fraction of sp³-hybridized carbons (Fsp3) is 0.519. The highest BCUT2D eigenvalue weighted by Gasteiger charge is 2.26. The summed E-state index contributed by atoms with van der Waals surface area (Å²) < 4.78 is 21.5. The van der Waals surface area contributed by atoms with Gasteiger partial charge in [0.1, 0.15) is 17.9 Å². The second-order valence-corrected chi connectivity index (χ2v) is 9.94. The van der Waals surface area contributed by atoms with Crippen LogP contribution in [0.15, 0.2) is 36.5 Å². The Morgan fingerprint density at radius 2 is 1.86 bits per heavy atom. The maximum Gasteiger partial charge on any atom is 0.257 e. The van der Waals surface area contributed by atoms with Crippen LogP contribution in [0.1, 0.15) is 68.3 Å². The number of piperidine rings is 1. The molecule has 0 spiro atoms. The van der Waals surface area contributed by atoms with Gasteiger partial charge in [0.25, 0.3) is 5.91 Å². The van der Waals surface area contributed by atoms with Gasteiger partial charge in [0, 0.05) is 24.2 Å². The van der Waals surface area contributed by atoms with Crippen LogP contribution >= 0.6 is 0 Å². The van der Waals surface area contributed by atoms with Crippen molar-refractivity contribution in [2.45, 2.75) is 57.9 Å². The number of pyridine rings is 1. The standard InChI is InChI=1S/C27H34FN5O2/c1-19-5-11-22(12-6-19)33-24-17-25(35-16-15-32-13-3-2-4-14-32)29-18-23(24)30-27(33)31-26(34)20-7-9-21(28)10-8-20/h7-10,17-19,22H,2-6,11-16H2,1H3,(H,30,31,34). The van der Waals surface area contributed by atoms with Gasteiger partial charge in [-0.3, -0.25) is 15.0 Å². The first-order chi connectivity index (χ1) is 17.1. The number of halogens is 1. The topological polar surface area (TPSA) is 72.3 Å². The van der Waals surface area contributed by atoms with E-state index in [-0.39, 0.29) is 17.8 Å². The molecule has 1 saturated heterocycles. The summed E-state index contributed by atoms with van der Waals surface area (Å²) >= 11 is 0. The van der Waals surface area contributed by atoms with Crippen molar-refractivity contribution in [1.82, 2.24) is 19.4 Å². The lowest BCUT2D eigenvalue weighted by molar-refractivity contribution is 0.102. The number of aromatic nitrogens is 3. The van der Waals surface area contributed by atoms with Crippen molar-refractivity contribution in [3.63, 3.8) is 0 Å². The number of hydrogen-bond acceptors (Lipinski definition) is 5. The molecule has 8 heteroatoms. The highest BCUT2D eigenvalue weighted by molar-refractivity contribution is 6.04. The molecule has 0 atom stereocenters. The number of anilines is 1. The van der Waals surface area contributed by atoms with E-state index in [0.717, 1.165) is 56.4 Å². The second kappa shape index (κ2) is 10.7. The zero-order chi connectivity index (χ0) is 24.2. The van der Waals surface area contributed by atoms with E-state index >= 15 is 0 Å². The van der Waals surface area contributed by atoms with E-state index in [4.69, 9.17) is 9.72 Å². The van der Waals surface area contributed by atoms with Gasteiger partial charge in [0.15, 0.2) is 0 Å². The van der Waals surface area contributed by atoms with Crippen molar-refractivity contribution in [2.75, 3.05) is 31.6 Å². The Bertz CT molecular complexity index is 1150. The van der Waals surface area contributed by atoms with Gasteiger partial charge in [-0.25, -0.2) is 14.4 Å². The number of fused-ring (bicyclic) bond motifs is 1. The number of nitrogens with one attached hydrogen (secondary N) is 1. The van der Waals surface area contributed by atoms with Crippen LogP contribution in [0.2, 0.25) is 0 Å². The van der Waals surface area contributed by atoms with Crippen molar-refractivity contribution in [2.24, 2.45) is 5.92 Å². The third kappa shape index (κ3) is 5.64. The normalized spacial score (nSPS) is 21.2. The molecule has 1 saturated carbocycles. The van der Waals surface area contributed by atoms with Crippen LogP contribution in [0.4, 0.5) is 10.3 Å². The maximum atomic E-state index is 13.3. The highest BCUT2D eigenvalue weighted by Crippen LogP contribution is 2.37. The number of likely N-dealkylation sites (tertiary alicyclic amines) is 1. The number of ether oxygens (including phenoxy) is 1. The molecule has 5 rings (SSSR count). The van der Waals surface area contributed by atoms with Gasteiger partial charge < -0.3 is 9.30 Å². The third-order valence-electron chi connectivity index (χ3n) is 7.34. The quantitative estimate of drug-likeness (QED) is 0.489. The first-order valence-electron chi connectivity index (χ1n) is 12.9. The summed E-state index contributed by atoms with van der Waals surface area (Å²) in [7, 11) is 0. The molecule has 7 nitrogen and oxygen atoms in total. The zero-order valence-electron chi connectivity index (χ0n) is 20.4. The van der Waals surface area contributed by atoms with Gasteiger partial charge in [-0.2, -0.15) is 0 Å². The number of carbonyl (C=O) groups is 1. The molecule has 35 heavy (non-hydrogen) atoms. The number of hydrogen-bond donors (Lipinski definition) is 1. The molecule has 186 valence electrons. The van der Waals surface area contributed by atoms with Gasteiger partial charge >= 0.3 is 0 Å². The molecule has 1 amide bonds. The number of imidazole rings is 1.